The highest BCUT2D eigenvalue weighted by Gasteiger charge is 2.20. The van der Waals surface area contributed by atoms with Crippen molar-refractivity contribution in [1.29, 1.82) is 0 Å². The molecule has 18 heavy (non-hydrogen) atoms. The van der Waals surface area contributed by atoms with Crippen LogP contribution in [0.2, 0.25) is 0 Å². The summed E-state index contributed by atoms with van der Waals surface area (Å²) in [7, 11) is 6.02. The van der Waals surface area contributed by atoms with Crippen molar-refractivity contribution >= 4 is 23.4 Å². The molecule has 0 aliphatic rings. The topological polar surface area (TPSA) is 53.1 Å². The Morgan fingerprint density at radius 2 is 1.89 bits per heavy atom. The Balaban J connectivity index is 2.78. The van der Waals surface area contributed by atoms with E-state index in [4.69, 9.17) is 0 Å². The van der Waals surface area contributed by atoms with Gasteiger partial charge >= 0.3 is 0 Å². The molecule has 1 aromatic rings. The summed E-state index contributed by atoms with van der Waals surface area (Å²) in [5.74, 6) is 1.69. The smallest absolute Gasteiger partial charge is 0.191 e. The minimum absolute atomic E-state index is 0.0737. The van der Waals surface area contributed by atoms with Gasteiger partial charge in [0.15, 0.2) is 5.16 Å². The van der Waals surface area contributed by atoms with Crippen LogP contribution < -0.4 is 10.6 Å². The van der Waals surface area contributed by atoms with Gasteiger partial charge in [-0.3, -0.25) is 0 Å². The molecule has 102 valence electrons. The number of nitrogens with zero attached hydrogens (tertiary/aromatic N) is 3. The van der Waals surface area contributed by atoms with E-state index in [9.17, 15) is 0 Å². The van der Waals surface area contributed by atoms with Gasteiger partial charge < -0.3 is 15.5 Å². The third kappa shape index (κ3) is 4.03. The maximum Gasteiger partial charge on any atom is 0.191 e. The van der Waals surface area contributed by atoms with Gasteiger partial charge in [0.25, 0.3) is 0 Å². The molecular formula is C12H23N5S. The Labute approximate surface area is 114 Å². The zero-order valence-electron chi connectivity index (χ0n) is 12.0. The van der Waals surface area contributed by atoms with E-state index in [0.29, 0.717) is 0 Å². The third-order valence-corrected chi connectivity index (χ3v) is 3.60. The molecule has 0 atom stereocenters. The number of likely N-dealkylation sites (N-methyl/N-ethyl adjacent to an activating group) is 1. The molecule has 0 saturated carbocycles. The van der Waals surface area contributed by atoms with Gasteiger partial charge in [0.05, 0.1) is 0 Å². The van der Waals surface area contributed by atoms with Crippen molar-refractivity contribution in [3.05, 3.63) is 6.07 Å². The average molecular weight is 269 g/mol. The fourth-order valence-corrected chi connectivity index (χ4v) is 1.58. The number of thioether (sulfide) groups is 1. The van der Waals surface area contributed by atoms with Gasteiger partial charge in [-0.1, -0.05) is 11.8 Å². The zero-order chi connectivity index (χ0) is 13.8. The van der Waals surface area contributed by atoms with Crippen LogP contribution in [0.1, 0.15) is 13.8 Å². The molecule has 5 nitrogen and oxygen atoms in total. The van der Waals surface area contributed by atoms with Gasteiger partial charge in [-0.25, -0.2) is 9.97 Å². The SMILES string of the molecule is CNc1cc(NCC(C)(C)N(C)C)nc(SC)n1. The van der Waals surface area contributed by atoms with Crippen LogP contribution in [0.4, 0.5) is 11.6 Å². The third-order valence-electron chi connectivity index (χ3n) is 3.06. The van der Waals surface area contributed by atoms with E-state index in [1.807, 2.05) is 19.4 Å². The van der Waals surface area contributed by atoms with E-state index >= 15 is 0 Å². The molecule has 0 amide bonds. The summed E-state index contributed by atoms with van der Waals surface area (Å²) in [5, 5.41) is 7.19. The summed E-state index contributed by atoms with van der Waals surface area (Å²) in [5.41, 5.74) is 0.0737. The highest BCUT2D eigenvalue weighted by molar-refractivity contribution is 7.98. The van der Waals surface area contributed by atoms with Gasteiger partial charge in [0.1, 0.15) is 11.6 Å². The highest BCUT2D eigenvalue weighted by atomic mass is 32.2. The van der Waals surface area contributed by atoms with Crippen molar-refractivity contribution in [1.82, 2.24) is 14.9 Å². The molecule has 0 fully saturated rings. The number of hydrogen-bond acceptors (Lipinski definition) is 6. The van der Waals surface area contributed by atoms with E-state index in [1.54, 1.807) is 0 Å². The first-order chi connectivity index (χ1) is 8.39. The van der Waals surface area contributed by atoms with Gasteiger partial charge in [0, 0.05) is 25.2 Å². The maximum absolute atomic E-state index is 4.44. The maximum atomic E-state index is 4.44. The van der Waals surface area contributed by atoms with Gasteiger partial charge in [-0.2, -0.15) is 0 Å². The molecule has 1 heterocycles. The Morgan fingerprint density at radius 1 is 1.28 bits per heavy atom. The second-order valence-corrected chi connectivity index (χ2v) is 5.71. The number of hydrogen-bond donors (Lipinski definition) is 2. The van der Waals surface area contributed by atoms with E-state index in [2.05, 4.69) is 53.4 Å². The molecule has 1 aromatic heterocycles. The Hall–Kier alpha value is -1.01. The summed E-state index contributed by atoms with van der Waals surface area (Å²) in [6, 6.07) is 1.92. The predicted octanol–water partition coefficient (Wildman–Crippen LogP) is 1.99. The lowest BCUT2D eigenvalue weighted by atomic mass is 10.0. The first-order valence-corrected chi connectivity index (χ1v) is 7.13. The Bertz CT molecular complexity index is 370. The number of rotatable bonds is 6. The van der Waals surface area contributed by atoms with Gasteiger partial charge in [-0.15, -0.1) is 0 Å². The lowest BCUT2D eigenvalue weighted by Gasteiger charge is -2.32. The quantitative estimate of drug-likeness (QED) is 0.608. The minimum Gasteiger partial charge on any atom is -0.373 e. The Kier molecular flexibility index (Phi) is 5.22. The summed E-state index contributed by atoms with van der Waals surface area (Å²) in [6.45, 7) is 5.21. The van der Waals surface area contributed by atoms with Crippen LogP contribution in [0.3, 0.4) is 0 Å². The standard InChI is InChI=1S/C12H23N5S/c1-12(2,17(4)5)8-14-10-7-9(13-3)15-11(16-10)18-6/h7H,8H2,1-6H3,(H2,13,14,15,16). The van der Waals surface area contributed by atoms with Crippen molar-refractivity contribution < 1.29 is 0 Å². The van der Waals surface area contributed by atoms with E-state index in [0.717, 1.165) is 23.3 Å². The van der Waals surface area contributed by atoms with Gasteiger partial charge in [0.2, 0.25) is 0 Å². The van der Waals surface area contributed by atoms with Gasteiger partial charge in [-0.05, 0) is 34.2 Å². The van der Waals surface area contributed by atoms with Crippen LogP contribution in [0.5, 0.6) is 0 Å². The van der Waals surface area contributed by atoms with Crippen LogP contribution in [0, 0.1) is 0 Å². The van der Waals surface area contributed by atoms with Crippen LogP contribution in [-0.4, -0.2) is 54.4 Å². The lowest BCUT2D eigenvalue weighted by molar-refractivity contribution is 0.210. The Morgan fingerprint density at radius 3 is 2.39 bits per heavy atom. The summed E-state index contributed by atoms with van der Waals surface area (Å²) in [6.07, 6.45) is 1.97. The van der Waals surface area contributed by atoms with Crippen LogP contribution >= 0.6 is 11.8 Å². The fraction of sp³-hybridized carbons (Fsp3) is 0.667. The second kappa shape index (κ2) is 6.24. The molecule has 1 rings (SSSR count). The molecular weight excluding hydrogens is 246 g/mol. The van der Waals surface area contributed by atoms with E-state index in [1.165, 1.54) is 11.8 Å². The highest BCUT2D eigenvalue weighted by Crippen LogP contribution is 2.18. The largest absolute Gasteiger partial charge is 0.373 e. The molecule has 0 radical (unpaired) electrons. The van der Waals surface area contributed by atoms with Crippen LogP contribution in [-0.2, 0) is 0 Å². The van der Waals surface area contributed by atoms with Crippen molar-refractivity contribution in [2.75, 3.05) is 44.6 Å². The first kappa shape index (κ1) is 15.0. The lowest BCUT2D eigenvalue weighted by Crippen LogP contribution is -2.44. The second-order valence-electron chi connectivity index (χ2n) is 4.94. The molecule has 0 aliphatic heterocycles. The van der Waals surface area contributed by atoms with Crippen LogP contribution in [0.25, 0.3) is 0 Å². The summed E-state index contributed by atoms with van der Waals surface area (Å²) in [4.78, 5) is 11.0. The molecule has 0 unspecified atom stereocenters. The molecule has 2 N–H and O–H groups in total. The molecule has 0 aliphatic carbocycles. The molecule has 0 bridgehead atoms. The van der Waals surface area contributed by atoms with E-state index in [-0.39, 0.29) is 5.54 Å². The van der Waals surface area contributed by atoms with Crippen molar-refractivity contribution in [2.24, 2.45) is 0 Å². The normalized spacial score (nSPS) is 11.7. The minimum atomic E-state index is 0.0737. The fourth-order valence-electron chi connectivity index (χ4n) is 1.20. The predicted molar refractivity (Wildman–Crippen MR) is 79.6 cm³/mol. The molecule has 0 aromatic carbocycles. The average Bonchev–Trinajstić information content (AvgIpc) is 2.35. The van der Waals surface area contributed by atoms with Crippen molar-refractivity contribution in [2.45, 2.75) is 24.5 Å². The number of aromatic nitrogens is 2. The molecule has 0 saturated heterocycles. The molecule has 0 spiro atoms. The molecule has 6 heteroatoms. The number of nitrogens with one attached hydrogen (secondary N) is 2. The van der Waals surface area contributed by atoms with E-state index < -0.39 is 0 Å². The van der Waals surface area contributed by atoms with Crippen LogP contribution in [0.15, 0.2) is 11.2 Å². The van der Waals surface area contributed by atoms with Crippen molar-refractivity contribution in [3.63, 3.8) is 0 Å². The number of anilines is 2. The summed E-state index contributed by atoms with van der Waals surface area (Å²) < 4.78 is 0. The zero-order valence-corrected chi connectivity index (χ0v) is 12.9. The first-order valence-electron chi connectivity index (χ1n) is 5.91. The summed E-state index contributed by atoms with van der Waals surface area (Å²) >= 11 is 1.54. The van der Waals surface area contributed by atoms with Crippen molar-refractivity contribution in [3.8, 4) is 0 Å². The monoisotopic (exact) mass is 269 g/mol.